The van der Waals surface area contributed by atoms with Gasteiger partial charge in [0, 0.05) is 12.1 Å². The Balaban J connectivity index is -0.000000347. The van der Waals surface area contributed by atoms with E-state index in [0.717, 1.165) is 0 Å². The molecule has 0 saturated heterocycles. The number of aromatic nitrogens is 4. The highest BCUT2D eigenvalue weighted by atomic mass is 35.5. The van der Waals surface area contributed by atoms with E-state index in [0.29, 0.717) is 0 Å². The maximum atomic E-state index is 10.3. The molecule has 2 rings (SSSR count). The van der Waals surface area contributed by atoms with Crippen LogP contribution in [0.15, 0.2) is 12.1 Å². The van der Waals surface area contributed by atoms with Crippen molar-refractivity contribution in [3.8, 4) is 0 Å². The van der Waals surface area contributed by atoms with Gasteiger partial charge in [-0.05, 0) is 0 Å². The Morgan fingerprint density at radius 2 is 1.20 bits per heavy atom. The van der Waals surface area contributed by atoms with Crippen molar-refractivity contribution in [3.63, 3.8) is 0 Å². The largest absolute Gasteiger partial charge is 0.475 e. The van der Waals surface area contributed by atoms with E-state index in [2.05, 4.69) is 26.1 Å². The van der Waals surface area contributed by atoms with Crippen LogP contribution in [0.25, 0.3) is 0 Å². The first-order valence-corrected chi connectivity index (χ1v) is 6.29. The van der Waals surface area contributed by atoms with Crippen LogP contribution in [0.3, 0.4) is 0 Å². The molecule has 0 saturated carbocycles. The molecule has 0 spiro atoms. The highest BCUT2D eigenvalue weighted by Gasteiger charge is 2.08. The van der Waals surface area contributed by atoms with Gasteiger partial charge < -0.3 is 22.1 Å². The number of hydrogen-bond donors (Lipinski definition) is 4. The molecule has 2 aromatic rings. The lowest BCUT2D eigenvalue weighted by atomic mass is 10.5. The zero-order valence-corrected chi connectivity index (χ0v) is 13.2. The Labute approximate surface area is 160 Å². The van der Waals surface area contributed by atoms with Crippen molar-refractivity contribution >= 4 is 52.6 Å². The molecule has 0 fully saturated rings. The van der Waals surface area contributed by atoms with Gasteiger partial charge in [0.2, 0.25) is 11.6 Å². The number of rotatable bonds is 2. The third-order valence-electron chi connectivity index (χ3n) is 1.76. The predicted octanol–water partition coefficient (Wildman–Crippen LogP) is 3.33. The van der Waals surface area contributed by atoms with Crippen LogP contribution in [0, 0.1) is 0 Å². The fraction of sp³-hybridized carbons (Fsp3) is 0.167. The smallest absolute Gasteiger partial charge is 0.374 e. The summed E-state index contributed by atoms with van der Waals surface area (Å²) in [5.74, 6) is -3.26. The van der Waals surface area contributed by atoms with E-state index >= 15 is 0 Å². The van der Waals surface area contributed by atoms with E-state index in [1.807, 2.05) is 0 Å². The van der Waals surface area contributed by atoms with Crippen LogP contribution in [-0.4, -0.2) is 42.1 Å². The number of carbonyl (C=O) groups is 2. The van der Waals surface area contributed by atoms with Crippen LogP contribution >= 0.6 is 34.8 Å². The second kappa shape index (κ2) is 12.1. The number of hydrogen-bond acceptors (Lipinski definition) is 8. The van der Waals surface area contributed by atoms with Crippen molar-refractivity contribution in [3.05, 3.63) is 39.2 Å². The average molecular weight is 417 g/mol. The first-order valence-electron chi connectivity index (χ1n) is 5.73. The molecule has 7 N–H and O–H groups in total. The lowest BCUT2D eigenvalue weighted by Gasteiger charge is -1.95. The Morgan fingerprint density at radius 1 is 0.880 bits per heavy atom. The highest BCUT2D eigenvalue weighted by molar-refractivity contribution is 6.33. The summed E-state index contributed by atoms with van der Waals surface area (Å²) in [6.07, 6.45) is 3.75. The quantitative estimate of drug-likeness (QED) is 0.528. The molecular formula is C12H17Cl3N6O4. The van der Waals surface area contributed by atoms with Crippen molar-refractivity contribution in [2.75, 3.05) is 5.73 Å². The van der Waals surface area contributed by atoms with E-state index in [1.54, 1.807) is 0 Å². The van der Waals surface area contributed by atoms with Gasteiger partial charge in [0.15, 0.2) is 0 Å². The molecule has 0 bridgehead atoms. The molecule has 140 valence electrons. The van der Waals surface area contributed by atoms with Gasteiger partial charge in [0.05, 0.1) is 0 Å². The molecule has 0 aliphatic rings. The first kappa shape index (κ1) is 25.0. The summed E-state index contributed by atoms with van der Waals surface area (Å²) >= 11 is 16.2. The molecule has 2 heterocycles. The SMILES string of the molecule is C.C.Nc1cc(Cl)nc(C(=O)O)n1.O=C(O)c1nc(Cl)cc(Cl)n1.[2H]N. The fourth-order valence-electron chi connectivity index (χ4n) is 1.02. The third kappa shape index (κ3) is 9.57. The van der Waals surface area contributed by atoms with Crippen molar-refractivity contribution in [1.29, 1.82) is 0 Å². The van der Waals surface area contributed by atoms with Crippen molar-refractivity contribution in [2.45, 2.75) is 14.9 Å². The second-order valence-electron chi connectivity index (χ2n) is 3.39. The summed E-state index contributed by atoms with van der Waals surface area (Å²) < 4.78 is 5.25. The molecule has 0 aliphatic carbocycles. The Bertz CT molecular complexity index is 636. The summed E-state index contributed by atoms with van der Waals surface area (Å²) in [6.45, 7) is 0. The van der Waals surface area contributed by atoms with Crippen LogP contribution in [0.2, 0.25) is 16.9 Å². The number of carboxylic acids is 2. The highest BCUT2D eigenvalue weighted by Crippen LogP contribution is 2.11. The lowest BCUT2D eigenvalue weighted by Crippen LogP contribution is -2.06. The fourth-order valence-corrected chi connectivity index (χ4v) is 1.63. The van der Waals surface area contributed by atoms with Gasteiger partial charge in [-0.15, -0.1) is 0 Å². The summed E-state index contributed by atoms with van der Waals surface area (Å²) in [6, 6.07) is 2.53. The van der Waals surface area contributed by atoms with Gasteiger partial charge >= 0.3 is 11.9 Å². The van der Waals surface area contributed by atoms with Gasteiger partial charge in [-0.25, -0.2) is 29.5 Å². The lowest BCUT2D eigenvalue weighted by molar-refractivity contribution is 0.0673. The van der Waals surface area contributed by atoms with Crippen LogP contribution < -0.4 is 11.9 Å². The van der Waals surface area contributed by atoms with E-state index < -0.39 is 23.6 Å². The molecule has 0 radical (unpaired) electrons. The maximum absolute atomic E-state index is 10.3. The monoisotopic (exact) mass is 415 g/mol. The van der Waals surface area contributed by atoms with Gasteiger partial charge in [-0.2, -0.15) is 0 Å². The van der Waals surface area contributed by atoms with Gasteiger partial charge in [0.1, 0.15) is 22.7 Å². The molecule has 0 unspecified atom stereocenters. The van der Waals surface area contributed by atoms with Crippen LogP contribution in [0.5, 0.6) is 0 Å². The van der Waals surface area contributed by atoms with Crippen molar-refractivity contribution in [1.82, 2.24) is 26.1 Å². The maximum Gasteiger partial charge on any atom is 0.374 e. The van der Waals surface area contributed by atoms with Crippen molar-refractivity contribution < 1.29 is 21.2 Å². The number of aromatic carboxylic acids is 2. The number of carboxylic acid groups (broad SMARTS) is 2. The molecule has 0 amide bonds. The average Bonchev–Trinajstić information content (AvgIpc) is 2.48. The van der Waals surface area contributed by atoms with E-state index in [4.69, 9.17) is 52.2 Å². The Kier molecular flexibility index (Phi) is 12.1. The summed E-state index contributed by atoms with van der Waals surface area (Å²) in [4.78, 5) is 34.2. The van der Waals surface area contributed by atoms with E-state index in [-0.39, 0.29) is 36.1 Å². The number of nitrogens with zero attached hydrogens (tertiary/aromatic N) is 4. The number of nitrogens with two attached hydrogens (primary N) is 1. The molecule has 13 heteroatoms. The standard InChI is InChI=1S/C5H2Cl2N2O2.C5H4ClN3O2.2CH4.H3N/c2*6-2-1-3(7)9-4(8-2)5(10)11;;;/h1H,(H,10,11);1H,(H,10,11)(H2,7,8,9);2*1H4;1H3/i/hD. The molecule has 0 aromatic carbocycles. The minimum absolute atomic E-state index is 0. The zero-order chi connectivity index (χ0) is 18.9. The summed E-state index contributed by atoms with van der Waals surface area (Å²) in [5.41, 5.74) is 5.20. The second-order valence-corrected chi connectivity index (χ2v) is 4.55. The molecule has 0 aliphatic heterocycles. The normalized spacial score (nSPS) is 8.72. The Hall–Kier alpha value is -2.27. The molecule has 2 aromatic heterocycles. The topological polar surface area (TPSA) is 187 Å². The van der Waals surface area contributed by atoms with Crippen molar-refractivity contribution in [2.24, 2.45) is 0 Å². The van der Waals surface area contributed by atoms with Gasteiger partial charge in [-0.1, -0.05) is 49.7 Å². The summed E-state index contributed by atoms with van der Waals surface area (Å²) in [7, 11) is 0. The van der Waals surface area contributed by atoms with Gasteiger partial charge in [-0.3, -0.25) is 0 Å². The first-order chi connectivity index (χ1) is 11.2. The molecule has 0 atom stereocenters. The summed E-state index contributed by atoms with van der Waals surface area (Å²) in [5, 5.41) is 16.8. The molecular weight excluding hydrogens is 399 g/mol. The Morgan fingerprint density at radius 3 is 1.52 bits per heavy atom. The predicted molar refractivity (Wildman–Crippen MR) is 95.9 cm³/mol. The van der Waals surface area contributed by atoms with Crippen LogP contribution in [0.1, 0.15) is 36.1 Å². The number of anilines is 1. The van der Waals surface area contributed by atoms with Crippen LogP contribution in [0.4, 0.5) is 5.82 Å². The van der Waals surface area contributed by atoms with Crippen LogP contribution in [-0.2, 0) is 0 Å². The van der Waals surface area contributed by atoms with E-state index in [9.17, 15) is 9.59 Å². The van der Waals surface area contributed by atoms with E-state index in [1.165, 1.54) is 12.1 Å². The molecule has 25 heavy (non-hydrogen) atoms. The number of halogens is 3. The zero-order valence-electron chi connectivity index (χ0n) is 11.9. The minimum Gasteiger partial charge on any atom is -0.475 e. The molecule has 10 nitrogen and oxygen atoms in total. The third-order valence-corrected chi connectivity index (χ3v) is 2.34. The minimum atomic E-state index is -1.26. The number of nitrogen functional groups attached to an aromatic ring is 1. The van der Waals surface area contributed by atoms with Gasteiger partial charge in [0.25, 0.3) is 0 Å².